The molecule has 0 aliphatic carbocycles. The lowest BCUT2D eigenvalue weighted by molar-refractivity contribution is -0.114. The molecule has 5 heteroatoms. The molecule has 17 heavy (non-hydrogen) atoms. The molecule has 0 bridgehead atoms. The topological polar surface area (TPSA) is 77.5 Å². The highest BCUT2D eigenvalue weighted by Crippen LogP contribution is 2.17. The van der Waals surface area contributed by atoms with Crippen LogP contribution in [0.5, 0.6) is 0 Å². The number of nitrogens with zero attached hydrogens (tertiary/aromatic N) is 1. The minimum absolute atomic E-state index is 0.396. The first kappa shape index (κ1) is 11.2. The molecule has 1 aromatic heterocycles. The normalized spacial score (nSPS) is 11.1. The second kappa shape index (κ2) is 5.16. The third kappa shape index (κ3) is 2.63. The third-order valence-electron chi connectivity index (χ3n) is 2.54. The average molecular weight is 231 g/mol. The van der Waals surface area contributed by atoms with Gasteiger partial charge in [-0.1, -0.05) is 23.4 Å². The van der Waals surface area contributed by atoms with Gasteiger partial charge in [-0.05, 0) is 18.1 Å². The Morgan fingerprint density at radius 3 is 3.12 bits per heavy atom. The van der Waals surface area contributed by atoms with Gasteiger partial charge in [-0.15, -0.1) is 0 Å². The molecule has 1 amide bonds. The summed E-state index contributed by atoms with van der Waals surface area (Å²) in [7, 11) is 0. The van der Waals surface area contributed by atoms with Crippen molar-refractivity contribution in [2.45, 2.75) is 6.42 Å². The molecule has 0 aliphatic rings. The first-order valence-corrected chi connectivity index (χ1v) is 5.31. The van der Waals surface area contributed by atoms with E-state index in [9.17, 15) is 4.79 Å². The molecule has 0 atom stereocenters. The standard InChI is InChI=1S/C12H13N3O2/c16-12(8-15-17)13-6-5-9-7-14-11-4-2-1-3-10(9)11/h1-4,7-8,14,17H,5-6H2,(H,13,16)/b15-8+. The molecule has 1 heterocycles. The molecule has 0 spiro atoms. The van der Waals surface area contributed by atoms with Gasteiger partial charge in [0.2, 0.25) is 0 Å². The number of hydrogen-bond donors (Lipinski definition) is 3. The van der Waals surface area contributed by atoms with Crippen LogP contribution in [0.2, 0.25) is 0 Å². The lowest BCUT2D eigenvalue weighted by Crippen LogP contribution is -2.26. The summed E-state index contributed by atoms with van der Waals surface area (Å²) < 4.78 is 0. The zero-order chi connectivity index (χ0) is 12.1. The van der Waals surface area contributed by atoms with Crippen LogP contribution >= 0.6 is 0 Å². The fraction of sp³-hybridized carbons (Fsp3) is 0.167. The van der Waals surface area contributed by atoms with Crippen LogP contribution in [0.1, 0.15) is 5.56 Å². The number of para-hydroxylation sites is 1. The minimum atomic E-state index is -0.396. The van der Waals surface area contributed by atoms with Crippen LogP contribution in [0.25, 0.3) is 10.9 Å². The van der Waals surface area contributed by atoms with Gasteiger partial charge in [0, 0.05) is 23.6 Å². The van der Waals surface area contributed by atoms with Crippen molar-refractivity contribution in [1.82, 2.24) is 10.3 Å². The van der Waals surface area contributed by atoms with Crippen molar-refractivity contribution in [3.63, 3.8) is 0 Å². The molecule has 2 aromatic rings. The molecule has 0 saturated heterocycles. The van der Waals surface area contributed by atoms with Gasteiger partial charge in [0.15, 0.2) is 0 Å². The largest absolute Gasteiger partial charge is 0.411 e. The average Bonchev–Trinajstić information content (AvgIpc) is 2.73. The maximum absolute atomic E-state index is 11.0. The Kier molecular flexibility index (Phi) is 3.40. The Morgan fingerprint density at radius 2 is 2.29 bits per heavy atom. The molecule has 88 valence electrons. The summed E-state index contributed by atoms with van der Waals surface area (Å²) in [5.74, 6) is -0.396. The smallest absolute Gasteiger partial charge is 0.265 e. The van der Waals surface area contributed by atoms with Crippen LogP contribution in [0.15, 0.2) is 35.6 Å². The van der Waals surface area contributed by atoms with Crippen LogP contribution in [-0.4, -0.2) is 28.9 Å². The molecule has 0 unspecified atom stereocenters. The van der Waals surface area contributed by atoms with Gasteiger partial charge in [0.25, 0.3) is 5.91 Å². The highest BCUT2D eigenvalue weighted by molar-refractivity contribution is 6.25. The van der Waals surface area contributed by atoms with Crippen LogP contribution in [-0.2, 0) is 11.2 Å². The number of aromatic amines is 1. The maximum atomic E-state index is 11.0. The van der Waals surface area contributed by atoms with E-state index in [4.69, 9.17) is 5.21 Å². The van der Waals surface area contributed by atoms with Crippen molar-refractivity contribution >= 4 is 23.0 Å². The van der Waals surface area contributed by atoms with Gasteiger partial charge in [-0.3, -0.25) is 4.79 Å². The van der Waals surface area contributed by atoms with Gasteiger partial charge >= 0.3 is 0 Å². The molecule has 0 radical (unpaired) electrons. The lowest BCUT2D eigenvalue weighted by atomic mass is 10.1. The summed E-state index contributed by atoms with van der Waals surface area (Å²) in [5.41, 5.74) is 2.24. The Hall–Kier alpha value is -2.30. The van der Waals surface area contributed by atoms with Crippen LogP contribution in [0.3, 0.4) is 0 Å². The molecule has 5 nitrogen and oxygen atoms in total. The predicted octanol–water partition coefficient (Wildman–Crippen LogP) is 1.29. The van der Waals surface area contributed by atoms with Gasteiger partial charge in [0.1, 0.15) is 6.21 Å². The van der Waals surface area contributed by atoms with E-state index in [1.165, 1.54) is 0 Å². The number of carbonyl (C=O) groups is 1. The zero-order valence-electron chi connectivity index (χ0n) is 9.18. The van der Waals surface area contributed by atoms with E-state index in [1.54, 1.807) is 0 Å². The first-order valence-electron chi connectivity index (χ1n) is 5.31. The van der Waals surface area contributed by atoms with E-state index in [0.29, 0.717) is 6.54 Å². The van der Waals surface area contributed by atoms with Crippen molar-refractivity contribution in [2.24, 2.45) is 5.16 Å². The molecule has 0 aliphatic heterocycles. The Balaban J connectivity index is 1.97. The minimum Gasteiger partial charge on any atom is -0.411 e. The molecular formula is C12H13N3O2. The molecular weight excluding hydrogens is 218 g/mol. The summed E-state index contributed by atoms with van der Waals surface area (Å²) in [6, 6.07) is 8.01. The number of aromatic nitrogens is 1. The summed E-state index contributed by atoms with van der Waals surface area (Å²) in [6.07, 6.45) is 3.52. The molecule has 1 aromatic carbocycles. The Morgan fingerprint density at radius 1 is 1.47 bits per heavy atom. The Bertz CT molecular complexity index is 545. The van der Waals surface area contributed by atoms with Gasteiger partial charge in [0.05, 0.1) is 0 Å². The number of amides is 1. The molecule has 0 saturated carbocycles. The van der Waals surface area contributed by atoms with E-state index < -0.39 is 5.91 Å². The van der Waals surface area contributed by atoms with Crippen molar-refractivity contribution in [3.8, 4) is 0 Å². The van der Waals surface area contributed by atoms with Crippen LogP contribution in [0, 0.1) is 0 Å². The lowest BCUT2D eigenvalue weighted by Gasteiger charge is -2.00. The number of fused-ring (bicyclic) bond motifs is 1. The molecule has 0 fully saturated rings. The first-order chi connectivity index (χ1) is 8.31. The van der Waals surface area contributed by atoms with E-state index in [2.05, 4.69) is 15.5 Å². The summed E-state index contributed by atoms with van der Waals surface area (Å²) in [4.78, 5) is 14.2. The number of carbonyl (C=O) groups excluding carboxylic acids is 1. The van der Waals surface area contributed by atoms with E-state index in [0.717, 1.165) is 29.1 Å². The predicted molar refractivity (Wildman–Crippen MR) is 65.3 cm³/mol. The fourth-order valence-corrected chi connectivity index (χ4v) is 1.76. The number of benzene rings is 1. The number of hydrogen-bond acceptors (Lipinski definition) is 3. The van der Waals surface area contributed by atoms with Crippen molar-refractivity contribution in [3.05, 3.63) is 36.0 Å². The second-order valence-corrected chi connectivity index (χ2v) is 3.65. The summed E-state index contributed by atoms with van der Waals surface area (Å²) in [6.45, 7) is 0.507. The highest BCUT2D eigenvalue weighted by atomic mass is 16.4. The third-order valence-corrected chi connectivity index (χ3v) is 2.54. The highest BCUT2D eigenvalue weighted by Gasteiger charge is 2.03. The Labute approximate surface area is 98.1 Å². The molecule has 2 rings (SSSR count). The summed E-state index contributed by atoms with van der Waals surface area (Å²) in [5, 5.41) is 14.6. The van der Waals surface area contributed by atoms with E-state index in [-0.39, 0.29) is 0 Å². The number of oxime groups is 1. The monoisotopic (exact) mass is 231 g/mol. The summed E-state index contributed by atoms with van der Waals surface area (Å²) >= 11 is 0. The van der Waals surface area contributed by atoms with Crippen LogP contribution in [0.4, 0.5) is 0 Å². The quantitative estimate of drug-likeness (QED) is 0.421. The van der Waals surface area contributed by atoms with E-state index >= 15 is 0 Å². The fourth-order valence-electron chi connectivity index (χ4n) is 1.76. The second-order valence-electron chi connectivity index (χ2n) is 3.65. The number of nitrogens with one attached hydrogen (secondary N) is 2. The van der Waals surface area contributed by atoms with Gasteiger partial charge in [-0.2, -0.15) is 0 Å². The molecule has 3 N–H and O–H groups in total. The van der Waals surface area contributed by atoms with Gasteiger partial charge in [-0.25, -0.2) is 0 Å². The zero-order valence-corrected chi connectivity index (χ0v) is 9.18. The maximum Gasteiger partial charge on any atom is 0.265 e. The number of rotatable bonds is 4. The SMILES string of the molecule is O=C(/C=N/O)NCCc1c[nH]c2ccccc12. The van der Waals surface area contributed by atoms with Crippen LogP contribution < -0.4 is 5.32 Å². The van der Waals surface area contributed by atoms with E-state index in [1.807, 2.05) is 30.5 Å². The van der Waals surface area contributed by atoms with Crippen molar-refractivity contribution in [1.29, 1.82) is 0 Å². The van der Waals surface area contributed by atoms with Crippen molar-refractivity contribution < 1.29 is 10.0 Å². The van der Waals surface area contributed by atoms with Gasteiger partial charge < -0.3 is 15.5 Å². The number of H-pyrrole nitrogens is 1. The van der Waals surface area contributed by atoms with Crippen molar-refractivity contribution in [2.75, 3.05) is 6.54 Å².